The van der Waals surface area contributed by atoms with Gasteiger partial charge in [0.05, 0.1) is 0 Å². The van der Waals surface area contributed by atoms with E-state index in [2.05, 4.69) is 66.2 Å². The molecule has 2 heterocycles. The van der Waals surface area contributed by atoms with E-state index >= 15 is 0 Å². The first kappa shape index (κ1) is 23.5. The van der Waals surface area contributed by atoms with Gasteiger partial charge in [0.2, 0.25) is 0 Å². The van der Waals surface area contributed by atoms with Crippen LogP contribution in [0.25, 0.3) is 0 Å². The summed E-state index contributed by atoms with van der Waals surface area (Å²) in [6.45, 7) is 13.4. The molecule has 1 aromatic carbocycles. The third-order valence-electron chi connectivity index (χ3n) is 6.07. The molecule has 2 aliphatic heterocycles. The Hall–Kier alpha value is -0.820. The molecule has 5 heteroatoms. The lowest BCUT2D eigenvalue weighted by Crippen LogP contribution is -2.42. The zero-order valence-electron chi connectivity index (χ0n) is 17.9. The molecule has 0 amide bonds. The van der Waals surface area contributed by atoms with Gasteiger partial charge in [-0.3, -0.25) is 4.99 Å². The van der Waals surface area contributed by atoms with Gasteiger partial charge in [-0.1, -0.05) is 30.3 Å². The molecule has 0 radical (unpaired) electrons. The van der Waals surface area contributed by atoms with Gasteiger partial charge in [0.1, 0.15) is 0 Å². The van der Waals surface area contributed by atoms with Crippen molar-refractivity contribution in [3.8, 4) is 0 Å². The van der Waals surface area contributed by atoms with Crippen molar-refractivity contribution in [3.63, 3.8) is 0 Å². The average molecular weight is 498 g/mol. The highest BCUT2D eigenvalue weighted by Gasteiger charge is 2.26. The summed E-state index contributed by atoms with van der Waals surface area (Å²) in [6, 6.07) is 11.6. The SMILES string of the molecule is CCNC(=NCC1CCCN(C(C)C)C1)N1CCC(Cc2ccccc2)C1.I. The quantitative estimate of drug-likeness (QED) is 0.362. The van der Waals surface area contributed by atoms with Crippen LogP contribution in [-0.4, -0.2) is 61.1 Å². The standard InChI is InChI=1S/C23H38N4.HI/c1-4-24-23(25-16-22-11-8-13-26(18-22)19(2)3)27-14-12-21(17-27)15-20-9-6-5-7-10-20;/h5-7,9-10,19,21-22H,4,8,11-18H2,1-3H3,(H,24,25);1H. The Labute approximate surface area is 189 Å². The number of hydrogen-bond donors (Lipinski definition) is 1. The van der Waals surface area contributed by atoms with Crippen molar-refractivity contribution in [1.29, 1.82) is 0 Å². The third-order valence-corrected chi connectivity index (χ3v) is 6.07. The number of nitrogens with zero attached hydrogens (tertiary/aromatic N) is 3. The van der Waals surface area contributed by atoms with Crippen LogP contribution in [0.1, 0.15) is 45.6 Å². The molecule has 4 nitrogen and oxygen atoms in total. The first-order valence-corrected chi connectivity index (χ1v) is 11.0. The van der Waals surface area contributed by atoms with Gasteiger partial charge in [-0.2, -0.15) is 0 Å². The van der Waals surface area contributed by atoms with Crippen molar-refractivity contribution in [1.82, 2.24) is 15.1 Å². The lowest BCUT2D eigenvalue weighted by Gasteiger charge is -2.35. The van der Waals surface area contributed by atoms with Crippen molar-refractivity contribution in [2.75, 3.05) is 39.3 Å². The van der Waals surface area contributed by atoms with Gasteiger partial charge < -0.3 is 15.1 Å². The molecule has 2 fully saturated rings. The van der Waals surface area contributed by atoms with Crippen LogP contribution in [0, 0.1) is 11.8 Å². The van der Waals surface area contributed by atoms with Gasteiger partial charge in [-0.15, -0.1) is 24.0 Å². The van der Waals surface area contributed by atoms with Crippen LogP contribution in [0.4, 0.5) is 0 Å². The van der Waals surface area contributed by atoms with Crippen molar-refractivity contribution in [2.45, 2.75) is 52.5 Å². The van der Waals surface area contributed by atoms with E-state index in [0.717, 1.165) is 38.1 Å². The smallest absolute Gasteiger partial charge is 0.193 e. The first-order valence-electron chi connectivity index (χ1n) is 11.0. The van der Waals surface area contributed by atoms with Crippen molar-refractivity contribution < 1.29 is 0 Å². The average Bonchev–Trinajstić information content (AvgIpc) is 3.14. The molecule has 2 atom stereocenters. The molecule has 2 saturated heterocycles. The molecule has 0 saturated carbocycles. The molecule has 158 valence electrons. The number of piperidine rings is 1. The van der Waals surface area contributed by atoms with E-state index in [9.17, 15) is 0 Å². The fourth-order valence-corrected chi connectivity index (χ4v) is 4.50. The number of benzene rings is 1. The molecular weight excluding hydrogens is 459 g/mol. The normalized spacial score (nSPS) is 23.7. The van der Waals surface area contributed by atoms with E-state index in [-0.39, 0.29) is 24.0 Å². The van der Waals surface area contributed by atoms with Crippen LogP contribution in [-0.2, 0) is 6.42 Å². The largest absolute Gasteiger partial charge is 0.357 e. The van der Waals surface area contributed by atoms with E-state index in [1.165, 1.54) is 44.3 Å². The summed E-state index contributed by atoms with van der Waals surface area (Å²) in [5.41, 5.74) is 1.46. The predicted molar refractivity (Wildman–Crippen MR) is 131 cm³/mol. The van der Waals surface area contributed by atoms with Crippen molar-refractivity contribution in [2.24, 2.45) is 16.8 Å². The number of guanidine groups is 1. The molecule has 3 rings (SSSR count). The summed E-state index contributed by atoms with van der Waals surface area (Å²) in [7, 11) is 0. The van der Waals surface area contributed by atoms with Crippen LogP contribution < -0.4 is 5.32 Å². The molecule has 0 aliphatic carbocycles. The van der Waals surface area contributed by atoms with Gasteiger partial charge >= 0.3 is 0 Å². The van der Waals surface area contributed by atoms with Crippen LogP contribution in [0.5, 0.6) is 0 Å². The zero-order valence-corrected chi connectivity index (χ0v) is 20.3. The van der Waals surface area contributed by atoms with Gasteiger partial charge in [0, 0.05) is 38.8 Å². The number of nitrogens with one attached hydrogen (secondary N) is 1. The highest BCUT2D eigenvalue weighted by Crippen LogP contribution is 2.22. The summed E-state index contributed by atoms with van der Waals surface area (Å²) in [6.07, 6.45) is 5.09. The topological polar surface area (TPSA) is 30.9 Å². The van der Waals surface area contributed by atoms with Crippen LogP contribution >= 0.6 is 24.0 Å². The summed E-state index contributed by atoms with van der Waals surface area (Å²) in [5.74, 6) is 2.58. The lowest BCUT2D eigenvalue weighted by molar-refractivity contribution is 0.143. The first-order chi connectivity index (χ1) is 13.2. The van der Waals surface area contributed by atoms with Gasteiger partial charge in [0.25, 0.3) is 0 Å². The molecule has 1 aromatic rings. The molecule has 1 N–H and O–H groups in total. The number of rotatable bonds is 6. The fraction of sp³-hybridized carbons (Fsp3) is 0.696. The van der Waals surface area contributed by atoms with Gasteiger partial charge in [-0.05, 0) is 70.4 Å². The summed E-state index contributed by atoms with van der Waals surface area (Å²) in [5, 5.41) is 3.54. The molecule has 0 aromatic heterocycles. The van der Waals surface area contributed by atoms with Crippen molar-refractivity contribution in [3.05, 3.63) is 35.9 Å². The molecule has 2 aliphatic rings. The molecule has 0 spiro atoms. The van der Waals surface area contributed by atoms with Gasteiger partial charge in [-0.25, -0.2) is 0 Å². The van der Waals surface area contributed by atoms with E-state index in [0.29, 0.717) is 12.0 Å². The fourth-order valence-electron chi connectivity index (χ4n) is 4.50. The molecular formula is C23H39IN4. The minimum Gasteiger partial charge on any atom is -0.357 e. The molecule has 2 unspecified atom stereocenters. The Balaban J connectivity index is 0.00000280. The minimum absolute atomic E-state index is 0. The van der Waals surface area contributed by atoms with E-state index in [1.807, 2.05) is 0 Å². The summed E-state index contributed by atoms with van der Waals surface area (Å²) < 4.78 is 0. The Bertz CT molecular complexity index is 590. The summed E-state index contributed by atoms with van der Waals surface area (Å²) in [4.78, 5) is 10.2. The van der Waals surface area contributed by atoms with Crippen LogP contribution in [0.3, 0.4) is 0 Å². The van der Waals surface area contributed by atoms with E-state index in [1.54, 1.807) is 0 Å². The van der Waals surface area contributed by atoms with Crippen molar-refractivity contribution >= 4 is 29.9 Å². The van der Waals surface area contributed by atoms with Crippen LogP contribution in [0.15, 0.2) is 35.3 Å². The number of hydrogen-bond acceptors (Lipinski definition) is 2. The Kier molecular flexibility index (Phi) is 10.1. The maximum Gasteiger partial charge on any atom is 0.193 e. The van der Waals surface area contributed by atoms with Gasteiger partial charge in [0.15, 0.2) is 5.96 Å². The van der Waals surface area contributed by atoms with E-state index < -0.39 is 0 Å². The number of likely N-dealkylation sites (tertiary alicyclic amines) is 2. The van der Waals surface area contributed by atoms with E-state index in [4.69, 9.17) is 4.99 Å². The minimum atomic E-state index is 0. The summed E-state index contributed by atoms with van der Waals surface area (Å²) >= 11 is 0. The Morgan fingerprint density at radius 3 is 2.61 bits per heavy atom. The predicted octanol–water partition coefficient (Wildman–Crippen LogP) is 4.25. The Morgan fingerprint density at radius 2 is 1.89 bits per heavy atom. The third kappa shape index (κ3) is 6.90. The Morgan fingerprint density at radius 1 is 1.11 bits per heavy atom. The monoisotopic (exact) mass is 498 g/mol. The number of aliphatic imine (C=N–C) groups is 1. The molecule has 0 bridgehead atoms. The number of halogens is 1. The molecule has 28 heavy (non-hydrogen) atoms. The highest BCUT2D eigenvalue weighted by atomic mass is 127. The second-order valence-electron chi connectivity index (χ2n) is 8.58. The second kappa shape index (κ2) is 12.0. The zero-order chi connectivity index (χ0) is 19.1. The highest BCUT2D eigenvalue weighted by molar-refractivity contribution is 14.0. The maximum atomic E-state index is 5.06. The second-order valence-corrected chi connectivity index (χ2v) is 8.58. The maximum absolute atomic E-state index is 5.06. The lowest BCUT2D eigenvalue weighted by atomic mass is 9.97. The van der Waals surface area contributed by atoms with Crippen LogP contribution in [0.2, 0.25) is 0 Å².